The number of benzene rings is 2. The zero-order valence-electron chi connectivity index (χ0n) is 9.20. The van der Waals surface area contributed by atoms with Crippen LogP contribution in [-0.4, -0.2) is 0 Å². The third kappa shape index (κ3) is 5.42. The Morgan fingerprint density at radius 3 is 2.24 bits per heavy atom. The van der Waals surface area contributed by atoms with Gasteiger partial charge in [-0.1, -0.05) is 12.1 Å². The molecule has 0 saturated carbocycles. The Balaban J connectivity index is 0.000000686. The van der Waals surface area contributed by atoms with Crippen molar-refractivity contribution >= 4 is 13.6 Å². The Bertz CT molecular complexity index is 419. The van der Waals surface area contributed by atoms with Gasteiger partial charge < -0.3 is 4.74 Å². The summed E-state index contributed by atoms with van der Waals surface area (Å²) >= 11 is 4.25. The van der Waals surface area contributed by atoms with Gasteiger partial charge in [0.25, 0.3) is 0 Å². The molecule has 0 fully saturated rings. The SMILES string of the molecule is Fc1ccc(COc2cc[c-]cc2)cc1.[Zn+][Br]. The Morgan fingerprint density at radius 1 is 1.06 bits per heavy atom. The van der Waals surface area contributed by atoms with Crippen LogP contribution in [0, 0.1) is 11.9 Å². The fourth-order valence-corrected chi connectivity index (χ4v) is 1.22. The predicted molar refractivity (Wildman–Crippen MR) is 64.9 cm³/mol. The van der Waals surface area contributed by atoms with Gasteiger partial charge in [-0.3, -0.25) is 0 Å². The quantitative estimate of drug-likeness (QED) is 0.602. The summed E-state index contributed by atoms with van der Waals surface area (Å²) in [6.45, 7) is 0.449. The van der Waals surface area contributed by atoms with Crippen LogP contribution < -0.4 is 4.74 Å². The van der Waals surface area contributed by atoms with Crippen molar-refractivity contribution in [3.05, 3.63) is 66.0 Å². The first kappa shape index (κ1) is 14.3. The molecule has 0 spiro atoms. The molecule has 2 aromatic rings. The van der Waals surface area contributed by atoms with E-state index in [-0.39, 0.29) is 5.82 Å². The van der Waals surface area contributed by atoms with Crippen molar-refractivity contribution in [2.75, 3.05) is 0 Å². The van der Waals surface area contributed by atoms with E-state index in [2.05, 4.69) is 19.7 Å². The van der Waals surface area contributed by atoms with Crippen LogP contribution in [0.1, 0.15) is 5.56 Å². The van der Waals surface area contributed by atoms with Gasteiger partial charge in [0.05, 0.1) is 0 Å². The summed E-state index contributed by atoms with van der Waals surface area (Å²) < 4.78 is 18.1. The number of rotatable bonds is 3. The topological polar surface area (TPSA) is 9.23 Å². The molecule has 2 aromatic carbocycles. The van der Waals surface area contributed by atoms with Crippen molar-refractivity contribution in [3.63, 3.8) is 0 Å². The maximum absolute atomic E-state index is 12.6. The van der Waals surface area contributed by atoms with Crippen molar-refractivity contribution in [1.82, 2.24) is 0 Å². The molecule has 2 rings (SSSR count). The van der Waals surface area contributed by atoms with Crippen LogP contribution in [0.2, 0.25) is 0 Å². The molecule has 0 aliphatic carbocycles. The van der Waals surface area contributed by atoms with E-state index in [0.29, 0.717) is 6.61 Å². The molecular formula is C13H10BrFOZn. The summed E-state index contributed by atoms with van der Waals surface area (Å²) in [6, 6.07) is 16.4. The third-order valence-corrected chi connectivity index (χ3v) is 2.01. The van der Waals surface area contributed by atoms with E-state index in [0.717, 1.165) is 11.3 Å². The Morgan fingerprint density at radius 2 is 1.65 bits per heavy atom. The van der Waals surface area contributed by atoms with Crippen LogP contribution in [-0.2, 0) is 22.9 Å². The van der Waals surface area contributed by atoms with E-state index in [4.69, 9.17) is 4.74 Å². The Kier molecular flexibility index (Phi) is 7.06. The molecule has 0 aliphatic heterocycles. The van der Waals surface area contributed by atoms with Gasteiger partial charge in [-0.15, -0.1) is 12.1 Å². The molecule has 84 valence electrons. The van der Waals surface area contributed by atoms with Gasteiger partial charge in [0.1, 0.15) is 12.4 Å². The second kappa shape index (κ2) is 8.38. The predicted octanol–water partition coefficient (Wildman–Crippen LogP) is 4.05. The molecule has 0 aromatic heterocycles. The van der Waals surface area contributed by atoms with Crippen LogP contribution in [0.4, 0.5) is 4.39 Å². The van der Waals surface area contributed by atoms with E-state index in [1.54, 1.807) is 24.3 Å². The van der Waals surface area contributed by atoms with E-state index < -0.39 is 0 Å². The fourth-order valence-electron chi connectivity index (χ4n) is 1.22. The van der Waals surface area contributed by atoms with Crippen LogP contribution in [0.15, 0.2) is 48.5 Å². The van der Waals surface area contributed by atoms with Crippen LogP contribution >= 0.6 is 13.6 Å². The molecule has 0 amide bonds. The summed E-state index contributed by atoms with van der Waals surface area (Å²) in [4.78, 5) is 0. The minimum atomic E-state index is -0.229. The molecule has 0 atom stereocenters. The zero-order chi connectivity index (χ0) is 12.5. The summed E-state index contributed by atoms with van der Waals surface area (Å²) in [7, 11) is 0. The minimum absolute atomic E-state index is 0.229. The summed E-state index contributed by atoms with van der Waals surface area (Å²) in [5.74, 6) is 0.561. The average Bonchev–Trinajstić information content (AvgIpc) is 2.42. The fraction of sp³-hybridized carbons (Fsp3) is 0.0769. The molecule has 0 heterocycles. The first-order valence-corrected chi connectivity index (χ1v) is 11.9. The van der Waals surface area contributed by atoms with Gasteiger partial charge in [0.2, 0.25) is 0 Å². The van der Waals surface area contributed by atoms with Crippen LogP contribution in [0.5, 0.6) is 5.75 Å². The Hall–Kier alpha value is -0.727. The first-order valence-electron chi connectivity index (χ1n) is 4.95. The molecule has 0 radical (unpaired) electrons. The van der Waals surface area contributed by atoms with Gasteiger partial charge in [0.15, 0.2) is 0 Å². The third-order valence-electron chi connectivity index (χ3n) is 2.01. The molecule has 0 unspecified atom stereocenters. The van der Waals surface area contributed by atoms with Gasteiger partial charge >= 0.3 is 30.0 Å². The van der Waals surface area contributed by atoms with E-state index in [1.807, 2.05) is 12.1 Å². The molecule has 0 aliphatic rings. The van der Waals surface area contributed by atoms with Crippen molar-refractivity contribution in [2.45, 2.75) is 6.61 Å². The monoisotopic (exact) mass is 344 g/mol. The summed E-state index contributed by atoms with van der Waals surface area (Å²) in [5.41, 5.74) is 0.948. The van der Waals surface area contributed by atoms with Gasteiger partial charge in [-0.05, 0) is 17.7 Å². The normalized spacial score (nSPS) is 9.18. The molecule has 0 saturated heterocycles. The first-order chi connectivity index (χ1) is 8.34. The second-order valence-electron chi connectivity index (χ2n) is 3.15. The molecule has 0 N–H and O–H groups in total. The van der Waals surface area contributed by atoms with Gasteiger partial charge in [-0.25, -0.2) is 4.39 Å². The van der Waals surface area contributed by atoms with Gasteiger partial charge in [-0.2, -0.15) is 18.2 Å². The molecular weight excluding hydrogens is 336 g/mol. The van der Waals surface area contributed by atoms with Crippen molar-refractivity contribution < 1.29 is 25.5 Å². The summed E-state index contributed by atoms with van der Waals surface area (Å²) in [6.07, 6.45) is 0. The Labute approximate surface area is 117 Å². The average molecular weight is 347 g/mol. The molecule has 0 bridgehead atoms. The van der Waals surface area contributed by atoms with E-state index in [1.165, 1.54) is 28.5 Å². The van der Waals surface area contributed by atoms with E-state index in [9.17, 15) is 4.39 Å². The number of halogens is 2. The maximum atomic E-state index is 12.6. The number of ether oxygens (including phenoxy) is 1. The van der Waals surface area contributed by atoms with Crippen molar-refractivity contribution in [3.8, 4) is 5.75 Å². The van der Waals surface area contributed by atoms with Crippen molar-refractivity contribution in [1.29, 1.82) is 0 Å². The van der Waals surface area contributed by atoms with Crippen LogP contribution in [0.3, 0.4) is 0 Å². The van der Waals surface area contributed by atoms with Gasteiger partial charge in [0, 0.05) is 5.75 Å². The number of hydrogen-bond acceptors (Lipinski definition) is 1. The summed E-state index contributed by atoms with van der Waals surface area (Å²) in [5, 5.41) is 0. The standard InChI is InChI=1S/C13H10FO.BrH.Zn/c14-12-8-6-11(7-9-12)10-15-13-4-2-1-3-5-13;;/h2-9H,10H2;1H;/q-1;;+2/p-1. The molecule has 4 heteroatoms. The number of hydrogen-bond donors (Lipinski definition) is 0. The second-order valence-corrected chi connectivity index (χ2v) is 3.15. The van der Waals surface area contributed by atoms with Crippen molar-refractivity contribution in [2.24, 2.45) is 0 Å². The molecule has 17 heavy (non-hydrogen) atoms. The van der Waals surface area contributed by atoms with E-state index >= 15 is 0 Å². The zero-order valence-corrected chi connectivity index (χ0v) is 13.8. The van der Waals surface area contributed by atoms with Crippen LogP contribution in [0.25, 0.3) is 0 Å². The molecule has 1 nitrogen and oxygen atoms in total.